The molecule has 26 heavy (non-hydrogen) atoms. The van der Waals surface area contributed by atoms with E-state index in [1.165, 1.54) is 49.7 Å². The van der Waals surface area contributed by atoms with Gasteiger partial charge in [-0.2, -0.15) is 0 Å². The van der Waals surface area contributed by atoms with E-state index in [4.69, 9.17) is 4.74 Å². The Bertz CT molecular complexity index is 912. The van der Waals surface area contributed by atoms with Crippen LogP contribution in [0, 0.1) is 0 Å². The third-order valence-corrected chi connectivity index (χ3v) is 4.71. The molecule has 0 radical (unpaired) electrons. The van der Waals surface area contributed by atoms with Crippen molar-refractivity contribution in [1.29, 1.82) is 0 Å². The molecule has 1 aromatic carbocycles. The van der Waals surface area contributed by atoms with Crippen molar-refractivity contribution in [3.8, 4) is 5.88 Å². The SMILES string of the molecule is CCCNC(=O)c1cccc(S(=O)(=O)NC(=O)c2cccnc2OC)c1. The Kier molecular flexibility index (Phi) is 6.29. The fourth-order valence-corrected chi connectivity index (χ4v) is 3.12. The Morgan fingerprint density at radius 3 is 2.62 bits per heavy atom. The van der Waals surface area contributed by atoms with Gasteiger partial charge in [0.2, 0.25) is 5.88 Å². The third kappa shape index (κ3) is 4.57. The number of nitrogens with zero attached hydrogens (tertiary/aromatic N) is 1. The number of aromatic nitrogens is 1. The summed E-state index contributed by atoms with van der Waals surface area (Å²) in [7, 11) is -2.85. The van der Waals surface area contributed by atoms with Gasteiger partial charge in [-0.1, -0.05) is 13.0 Å². The van der Waals surface area contributed by atoms with E-state index in [0.29, 0.717) is 6.54 Å². The van der Waals surface area contributed by atoms with Gasteiger partial charge in [0.15, 0.2) is 0 Å². The minimum atomic E-state index is -4.17. The van der Waals surface area contributed by atoms with Crippen molar-refractivity contribution in [2.45, 2.75) is 18.2 Å². The number of methoxy groups -OCH3 is 1. The second-order valence-electron chi connectivity index (χ2n) is 5.28. The zero-order valence-electron chi connectivity index (χ0n) is 14.4. The van der Waals surface area contributed by atoms with Crippen LogP contribution in [0.1, 0.15) is 34.1 Å². The van der Waals surface area contributed by atoms with E-state index in [9.17, 15) is 18.0 Å². The summed E-state index contributed by atoms with van der Waals surface area (Å²) in [5, 5.41) is 2.66. The first-order chi connectivity index (χ1) is 12.4. The maximum atomic E-state index is 12.5. The molecule has 2 aromatic rings. The predicted molar refractivity (Wildman–Crippen MR) is 94.5 cm³/mol. The van der Waals surface area contributed by atoms with Crippen molar-refractivity contribution < 1.29 is 22.7 Å². The molecule has 0 saturated carbocycles. The van der Waals surface area contributed by atoms with Crippen LogP contribution >= 0.6 is 0 Å². The zero-order valence-corrected chi connectivity index (χ0v) is 15.2. The number of pyridine rings is 1. The normalized spacial score (nSPS) is 10.8. The number of carbonyl (C=O) groups excluding carboxylic acids is 2. The quantitative estimate of drug-likeness (QED) is 0.753. The highest BCUT2D eigenvalue weighted by Gasteiger charge is 2.22. The van der Waals surface area contributed by atoms with Crippen molar-refractivity contribution in [3.05, 3.63) is 53.7 Å². The molecular weight excluding hydrogens is 358 g/mol. The largest absolute Gasteiger partial charge is 0.480 e. The summed E-state index contributed by atoms with van der Waals surface area (Å²) >= 11 is 0. The van der Waals surface area contributed by atoms with E-state index in [0.717, 1.165) is 6.42 Å². The van der Waals surface area contributed by atoms with Crippen LogP contribution in [-0.2, 0) is 10.0 Å². The van der Waals surface area contributed by atoms with Crippen LogP contribution in [0.15, 0.2) is 47.5 Å². The molecule has 2 rings (SSSR count). The van der Waals surface area contributed by atoms with Gasteiger partial charge in [0.1, 0.15) is 5.56 Å². The fourth-order valence-electron chi connectivity index (χ4n) is 2.11. The fraction of sp³-hybridized carbons (Fsp3) is 0.235. The number of benzene rings is 1. The maximum absolute atomic E-state index is 12.5. The van der Waals surface area contributed by atoms with Gasteiger partial charge in [-0.15, -0.1) is 0 Å². The van der Waals surface area contributed by atoms with Gasteiger partial charge in [0.25, 0.3) is 21.8 Å². The highest BCUT2D eigenvalue weighted by Crippen LogP contribution is 2.16. The molecule has 0 fully saturated rings. The Labute approximate surface area is 151 Å². The molecule has 0 atom stereocenters. The Balaban J connectivity index is 2.25. The van der Waals surface area contributed by atoms with E-state index in [1.807, 2.05) is 11.6 Å². The maximum Gasteiger partial charge on any atom is 0.270 e. The van der Waals surface area contributed by atoms with Gasteiger partial charge in [-0.3, -0.25) is 9.59 Å². The number of ether oxygens (including phenoxy) is 1. The number of sulfonamides is 1. The van der Waals surface area contributed by atoms with Crippen molar-refractivity contribution in [1.82, 2.24) is 15.0 Å². The lowest BCUT2D eigenvalue weighted by atomic mass is 10.2. The molecule has 1 aromatic heterocycles. The van der Waals surface area contributed by atoms with E-state index in [1.54, 1.807) is 0 Å². The highest BCUT2D eigenvalue weighted by molar-refractivity contribution is 7.90. The molecule has 0 unspecified atom stereocenters. The standard InChI is InChI=1S/C17H19N3O5S/c1-3-9-18-15(21)12-6-4-7-13(11-12)26(23,24)20-16(22)14-8-5-10-19-17(14)25-2/h4-8,10-11H,3,9H2,1-2H3,(H,18,21)(H,20,22). The van der Waals surface area contributed by atoms with Gasteiger partial charge >= 0.3 is 0 Å². The van der Waals surface area contributed by atoms with Crippen molar-refractivity contribution in [2.75, 3.05) is 13.7 Å². The first kappa shape index (κ1) is 19.4. The van der Waals surface area contributed by atoms with E-state index in [2.05, 4.69) is 10.3 Å². The van der Waals surface area contributed by atoms with Crippen molar-refractivity contribution >= 4 is 21.8 Å². The molecule has 9 heteroatoms. The van der Waals surface area contributed by atoms with Gasteiger partial charge < -0.3 is 10.1 Å². The predicted octanol–water partition coefficient (Wildman–Crippen LogP) is 1.35. The van der Waals surface area contributed by atoms with E-state index < -0.39 is 15.9 Å². The summed E-state index contributed by atoms with van der Waals surface area (Å²) in [5.74, 6) is -1.26. The number of hydrogen-bond acceptors (Lipinski definition) is 6. The zero-order chi connectivity index (χ0) is 19.2. The topological polar surface area (TPSA) is 114 Å². The second-order valence-corrected chi connectivity index (χ2v) is 6.96. The molecule has 138 valence electrons. The number of hydrogen-bond donors (Lipinski definition) is 2. The summed E-state index contributed by atoms with van der Waals surface area (Å²) in [6.45, 7) is 2.39. The molecule has 0 aliphatic rings. The van der Waals surface area contributed by atoms with Crippen LogP contribution in [0.3, 0.4) is 0 Å². The van der Waals surface area contributed by atoms with Gasteiger partial charge in [-0.25, -0.2) is 18.1 Å². The van der Waals surface area contributed by atoms with Gasteiger partial charge in [0.05, 0.1) is 12.0 Å². The Morgan fingerprint density at radius 2 is 1.92 bits per heavy atom. The van der Waals surface area contributed by atoms with E-state index >= 15 is 0 Å². The Morgan fingerprint density at radius 1 is 1.15 bits per heavy atom. The lowest BCUT2D eigenvalue weighted by Crippen LogP contribution is -2.31. The lowest BCUT2D eigenvalue weighted by Gasteiger charge is -2.10. The lowest BCUT2D eigenvalue weighted by molar-refractivity contribution is 0.0951. The van der Waals surface area contributed by atoms with Crippen LogP contribution in [-0.4, -0.2) is 38.9 Å². The molecule has 0 spiro atoms. The first-order valence-electron chi connectivity index (χ1n) is 7.83. The molecule has 1 heterocycles. The monoisotopic (exact) mass is 377 g/mol. The number of rotatable bonds is 7. The summed E-state index contributed by atoms with van der Waals surface area (Å²) in [4.78, 5) is 27.9. The smallest absolute Gasteiger partial charge is 0.270 e. The average Bonchev–Trinajstić information content (AvgIpc) is 2.65. The average molecular weight is 377 g/mol. The molecular formula is C17H19N3O5S. The number of amides is 2. The van der Waals surface area contributed by atoms with Crippen molar-refractivity contribution in [2.24, 2.45) is 0 Å². The summed E-state index contributed by atoms with van der Waals surface area (Å²) in [6, 6.07) is 8.32. The van der Waals surface area contributed by atoms with Crippen LogP contribution in [0.4, 0.5) is 0 Å². The van der Waals surface area contributed by atoms with Crippen LogP contribution in [0.25, 0.3) is 0 Å². The summed E-state index contributed by atoms with van der Waals surface area (Å²) in [6.07, 6.45) is 2.18. The van der Waals surface area contributed by atoms with E-state index in [-0.39, 0.29) is 27.8 Å². The van der Waals surface area contributed by atoms with Gasteiger partial charge in [-0.05, 0) is 36.8 Å². The molecule has 2 amide bonds. The second kappa shape index (κ2) is 8.43. The first-order valence-corrected chi connectivity index (χ1v) is 9.31. The molecule has 0 bridgehead atoms. The summed E-state index contributed by atoms with van der Waals surface area (Å²) < 4.78 is 31.9. The summed E-state index contributed by atoms with van der Waals surface area (Å²) in [5.41, 5.74) is 0.170. The molecule has 2 N–H and O–H groups in total. The minimum Gasteiger partial charge on any atom is -0.480 e. The third-order valence-electron chi connectivity index (χ3n) is 3.38. The highest BCUT2D eigenvalue weighted by atomic mass is 32.2. The number of nitrogens with one attached hydrogen (secondary N) is 2. The van der Waals surface area contributed by atoms with Crippen LogP contribution in [0.2, 0.25) is 0 Å². The molecule has 0 aliphatic carbocycles. The molecule has 0 saturated heterocycles. The van der Waals surface area contributed by atoms with Crippen molar-refractivity contribution in [3.63, 3.8) is 0 Å². The molecule has 0 aliphatic heterocycles. The van der Waals surface area contributed by atoms with Gasteiger partial charge in [0, 0.05) is 18.3 Å². The van der Waals surface area contributed by atoms with Crippen LogP contribution in [0.5, 0.6) is 5.88 Å². The minimum absolute atomic E-state index is 0.00731. The number of carbonyl (C=O) groups is 2. The Hall–Kier alpha value is -2.94. The molecule has 8 nitrogen and oxygen atoms in total. The van der Waals surface area contributed by atoms with Crippen LogP contribution < -0.4 is 14.8 Å².